The van der Waals surface area contributed by atoms with E-state index in [1.165, 1.54) is 5.56 Å². The molecule has 1 heterocycles. The monoisotopic (exact) mass is 261 g/mol. The van der Waals surface area contributed by atoms with Gasteiger partial charge in [0.25, 0.3) is 0 Å². The Morgan fingerprint density at radius 1 is 1.37 bits per heavy atom. The molecular weight excluding hydrogens is 238 g/mol. The van der Waals surface area contributed by atoms with Gasteiger partial charge in [0.15, 0.2) is 0 Å². The molecule has 4 nitrogen and oxygen atoms in total. The number of piperidine rings is 1. The Morgan fingerprint density at radius 2 is 2.05 bits per heavy atom. The van der Waals surface area contributed by atoms with E-state index in [4.69, 9.17) is 5.73 Å². The summed E-state index contributed by atoms with van der Waals surface area (Å²) in [7, 11) is 0. The van der Waals surface area contributed by atoms with Gasteiger partial charge in [-0.2, -0.15) is 0 Å². The molecule has 1 aromatic carbocycles. The van der Waals surface area contributed by atoms with E-state index in [-0.39, 0.29) is 5.91 Å². The molecule has 0 radical (unpaired) electrons. The van der Waals surface area contributed by atoms with Gasteiger partial charge in [-0.15, -0.1) is 0 Å². The predicted octanol–water partition coefficient (Wildman–Crippen LogP) is 1.67. The maximum Gasteiger partial charge on any atom is 0.238 e. The molecule has 2 rings (SSSR count). The van der Waals surface area contributed by atoms with Crippen LogP contribution in [0.15, 0.2) is 18.2 Å². The van der Waals surface area contributed by atoms with Crippen LogP contribution in [0.4, 0.5) is 5.69 Å². The third-order valence-electron chi connectivity index (χ3n) is 3.66. The predicted molar refractivity (Wildman–Crippen MR) is 78.2 cm³/mol. The molecule has 1 amide bonds. The van der Waals surface area contributed by atoms with Crippen LogP contribution in [0.25, 0.3) is 0 Å². The number of likely N-dealkylation sites (tertiary alicyclic amines) is 1. The van der Waals surface area contributed by atoms with Gasteiger partial charge in [-0.05, 0) is 38.3 Å². The average Bonchev–Trinajstić information content (AvgIpc) is 2.36. The number of anilines is 1. The molecule has 104 valence electrons. The second-order valence-electron chi connectivity index (χ2n) is 5.48. The van der Waals surface area contributed by atoms with Gasteiger partial charge in [-0.1, -0.05) is 17.7 Å². The molecule has 0 unspecified atom stereocenters. The lowest BCUT2D eigenvalue weighted by molar-refractivity contribution is -0.117. The van der Waals surface area contributed by atoms with Crippen LogP contribution in [0.1, 0.15) is 24.0 Å². The second-order valence-corrected chi connectivity index (χ2v) is 5.48. The van der Waals surface area contributed by atoms with E-state index >= 15 is 0 Å². The SMILES string of the molecule is Cc1ccc(NC(=O)CN2CCC(N)CC2)c(C)c1. The number of nitrogens with one attached hydrogen (secondary N) is 1. The molecule has 3 N–H and O–H groups in total. The molecule has 0 bridgehead atoms. The van der Waals surface area contributed by atoms with E-state index < -0.39 is 0 Å². The first-order chi connectivity index (χ1) is 9.04. The molecule has 0 aliphatic carbocycles. The highest BCUT2D eigenvalue weighted by Gasteiger charge is 2.18. The summed E-state index contributed by atoms with van der Waals surface area (Å²) in [6.07, 6.45) is 1.97. The van der Waals surface area contributed by atoms with Gasteiger partial charge in [0, 0.05) is 24.8 Å². The van der Waals surface area contributed by atoms with Crippen molar-refractivity contribution in [1.82, 2.24) is 4.90 Å². The smallest absolute Gasteiger partial charge is 0.238 e. The van der Waals surface area contributed by atoms with Crippen LogP contribution in [0.5, 0.6) is 0 Å². The highest BCUT2D eigenvalue weighted by atomic mass is 16.2. The normalized spacial score (nSPS) is 17.4. The minimum atomic E-state index is 0.0578. The Labute approximate surface area is 115 Å². The quantitative estimate of drug-likeness (QED) is 0.870. The fourth-order valence-corrected chi connectivity index (χ4v) is 2.46. The topological polar surface area (TPSA) is 58.4 Å². The Balaban J connectivity index is 1.87. The van der Waals surface area contributed by atoms with Gasteiger partial charge in [0.2, 0.25) is 5.91 Å². The third kappa shape index (κ3) is 4.04. The first kappa shape index (κ1) is 14.0. The van der Waals surface area contributed by atoms with Crippen molar-refractivity contribution < 1.29 is 4.79 Å². The van der Waals surface area contributed by atoms with Crippen molar-refractivity contribution in [2.75, 3.05) is 25.0 Å². The van der Waals surface area contributed by atoms with E-state index in [1.54, 1.807) is 0 Å². The van der Waals surface area contributed by atoms with Crippen LogP contribution in [0.3, 0.4) is 0 Å². The molecule has 1 aromatic rings. The number of nitrogens with zero attached hydrogens (tertiary/aromatic N) is 1. The molecule has 4 heteroatoms. The van der Waals surface area contributed by atoms with E-state index in [0.29, 0.717) is 12.6 Å². The highest BCUT2D eigenvalue weighted by molar-refractivity contribution is 5.93. The summed E-state index contributed by atoms with van der Waals surface area (Å²) in [5.41, 5.74) is 9.08. The number of hydrogen-bond donors (Lipinski definition) is 2. The van der Waals surface area contributed by atoms with Gasteiger partial charge in [0.1, 0.15) is 0 Å². The minimum Gasteiger partial charge on any atom is -0.328 e. The first-order valence-corrected chi connectivity index (χ1v) is 6.89. The molecule has 0 saturated carbocycles. The molecule has 1 fully saturated rings. The van der Waals surface area contributed by atoms with Gasteiger partial charge >= 0.3 is 0 Å². The Bertz CT molecular complexity index is 451. The van der Waals surface area contributed by atoms with E-state index in [0.717, 1.165) is 37.2 Å². The van der Waals surface area contributed by atoms with Gasteiger partial charge < -0.3 is 11.1 Å². The third-order valence-corrected chi connectivity index (χ3v) is 3.66. The molecule has 1 aliphatic heterocycles. The summed E-state index contributed by atoms with van der Waals surface area (Å²) >= 11 is 0. The molecule has 1 aliphatic rings. The molecule has 0 atom stereocenters. The maximum atomic E-state index is 12.0. The van der Waals surface area contributed by atoms with Crippen LogP contribution >= 0.6 is 0 Å². The van der Waals surface area contributed by atoms with E-state index in [9.17, 15) is 4.79 Å². The molecule has 1 saturated heterocycles. The van der Waals surface area contributed by atoms with Crippen molar-refractivity contribution in [2.24, 2.45) is 5.73 Å². The summed E-state index contributed by atoms with van der Waals surface area (Å²) in [5.74, 6) is 0.0578. The van der Waals surface area contributed by atoms with E-state index in [1.807, 2.05) is 19.1 Å². The fourth-order valence-electron chi connectivity index (χ4n) is 2.46. The lowest BCUT2D eigenvalue weighted by atomic mass is 10.1. The van der Waals surface area contributed by atoms with Crippen LogP contribution in [-0.2, 0) is 4.79 Å². The summed E-state index contributed by atoms with van der Waals surface area (Å²) in [5, 5.41) is 2.98. The molecule has 0 aromatic heterocycles. The molecule has 19 heavy (non-hydrogen) atoms. The molecule has 0 spiro atoms. The largest absolute Gasteiger partial charge is 0.328 e. The zero-order chi connectivity index (χ0) is 13.8. The fraction of sp³-hybridized carbons (Fsp3) is 0.533. The number of amides is 1. The summed E-state index contributed by atoms with van der Waals surface area (Å²) < 4.78 is 0. The summed E-state index contributed by atoms with van der Waals surface area (Å²) in [6, 6.07) is 6.37. The number of carbonyl (C=O) groups excluding carboxylic acids is 1. The van der Waals surface area contributed by atoms with Crippen LogP contribution in [0.2, 0.25) is 0 Å². The first-order valence-electron chi connectivity index (χ1n) is 6.89. The number of nitrogens with two attached hydrogens (primary N) is 1. The second kappa shape index (κ2) is 6.17. The zero-order valence-corrected chi connectivity index (χ0v) is 11.8. The number of aryl methyl sites for hydroxylation is 2. The van der Waals surface area contributed by atoms with Gasteiger partial charge in [-0.25, -0.2) is 0 Å². The Hall–Kier alpha value is -1.39. The van der Waals surface area contributed by atoms with Crippen LogP contribution < -0.4 is 11.1 Å². The zero-order valence-electron chi connectivity index (χ0n) is 11.8. The summed E-state index contributed by atoms with van der Waals surface area (Å²) in [6.45, 7) is 6.36. The van der Waals surface area contributed by atoms with Crippen molar-refractivity contribution in [2.45, 2.75) is 32.7 Å². The van der Waals surface area contributed by atoms with Crippen molar-refractivity contribution in [3.8, 4) is 0 Å². The van der Waals surface area contributed by atoms with Crippen molar-refractivity contribution in [3.05, 3.63) is 29.3 Å². The maximum absolute atomic E-state index is 12.0. The minimum absolute atomic E-state index is 0.0578. The van der Waals surface area contributed by atoms with E-state index in [2.05, 4.69) is 23.2 Å². The van der Waals surface area contributed by atoms with Crippen molar-refractivity contribution in [1.29, 1.82) is 0 Å². The van der Waals surface area contributed by atoms with Gasteiger partial charge in [0.05, 0.1) is 6.54 Å². The lowest BCUT2D eigenvalue weighted by Gasteiger charge is -2.29. The Morgan fingerprint density at radius 3 is 2.68 bits per heavy atom. The Kier molecular flexibility index (Phi) is 4.56. The van der Waals surface area contributed by atoms with Crippen molar-refractivity contribution >= 4 is 11.6 Å². The van der Waals surface area contributed by atoms with Crippen LogP contribution in [-0.4, -0.2) is 36.5 Å². The van der Waals surface area contributed by atoms with Crippen LogP contribution in [0, 0.1) is 13.8 Å². The van der Waals surface area contributed by atoms with Gasteiger partial charge in [-0.3, -0.25) is 9.69 Å². The lowest BCUT2D eigenvalue weighted by Crippen LogP contribution is -2.43. The molecular formula is C15H23N3O. The number of benzene rings is 1. The number of carbonyl (C=O) groups is 1. The number of hydrogen-bond acceptors (Lipinski definition) is 3. The standard InChI is InChI=1S/C15H23N3O/c1-11-3-4-14(12(2)9-11)17-15(19)10-18-7-5-13(16)6-8-18/h3-4,9,13H,5-8,10,16H2,1-2H3,(H,17,19). The highest BCUT2D eigenvalue weighted by Crippen LogP contribution is 2.16. The van der Waals surface area contributed by atoms with Crippen molar-refractivity contribution in [3.63, 3.8) is 0 Å². The average molecular weight is 261 g/mol. The summed E-state index contributed by atoms with van der Waals surface area (Å²) in [4.78, 5) is 14.2. The number of rotatable bonds is 3.